The fourth-order valence-electron chi connectivity index (χ4n) is 2.14. The molecule has 2 aromatic rings. The van der Waals surface area contributed by atoms with Crippen molar-refractivity contribution in [1.82, 2.24) is 9.78 Å². The topological polar surface area (TPSA) is 65.7 Å². The van der Waals surface area contributed by atoms with Crippen LogP contribution in [-0.4, -0.2) is 36.2 Å². The van der Waals surface area contributed by atoms with Gasteiger partial charge in [-0.15, -0.1) is 0 Å². The number of aryl methyl sites for hydroxylation is 1. The van der Waals surface area contributed by atoms with Crippen LogP contribution in [0.4, 0.5) is 0 Å². The van der Waals surface area contributed by atoms with Crippen LogP contribution in [0, 0.1) is 0 Å². The molecule has 0 spiro atoms. The Labute approximate surface area is 131 Å². The summed E-state index contributed by atoms with van der Waals surface area (Å²) in [6.07, 6.45) is 0.761. The van der Waals surface area contributed by atoms with Gasteiger partial charge in [-0.1, -0.05) is 0 Å². The normalized spacial score (nSPS) is 12.1. The van der Waals surface area contributed by atoms with Crippen LogP contribution in [0.1, 0.15) is 17.4 Å². The minimum absolute atomic E-state index is 0.486. The van der Waals surface area contributed by atoms with Gasteiger partial charge >= 0.3 is 0 Å². The summed E-state index contributed by atoms with van der Waals surface area (Å²) >= 11 is 3.38. The Kier molecular flexibility index (Phi) is 4.74. The summed E-state index contributed by atoms with van der Waals surface area (Å²) in [6.45, 7) is 0. The van der Waals surface area contributed by atoms with Gasteiger partial charge in [-0.25, -0.2) is 0 Å². The highest BCUT2D eigenvalue weighted by molar-refractivity contribution is 9.10. The number of benzene rings is 1. The van der Waals surface area contributed by atoms with Crippen LogP contribution in [0.2, 0.25) is 0 Å². The zero-order chi connectivity index (χ0) is 15.6. The van der Waals surface area contributed by atoms with E-state index in [1.165, 1.54) is 21.3 Å². The Morgan fingerprint density at radius 3 is 2.10 bits per heavy atom. The van der Waals surface area contributed by atoms with Crippen molar-refractivity contribution in [3.63, 3.8) is 0 Å². The Morgan fingerprint density at radius 1 is 1.14 bits per heavy atom. The van der Waals surface area contributed by atoms with Gasteiger partial charge in [0.05, 0.1) is 37.7 Å². The summed E-state index contributed by atoms with van der Waals surface area (Å²) in [5.74, 6) is 1.47. The molecule has 0 radical (unpaired) electrons. The summed E-state index contributed by atoms with van der Waals surface area (Å²) in [7, 11) is 6.37. The maximum atomic E-state index is 10.6. The van der Waals surface area contributed by atoms with Crippen LogP contribution in [0.25, 0.3) is 0 Å². The quantitative estimate of drug-likeness (QED) is 0.890. The standard InChI is InChI=1S/C14H17BrN2O4/c1-17-12(9(15)7-16-17)13(18)8-5-10(19-2)14(21-4)11(6-8)20-3/h5-7,13,18H,1-4H3. The molecule has 1 aromatic carbocycles. The molecule has 21 heavy (non-hydrogen) atoms. The lowest BCUT2D eigenvalue weighted by molar-refractivity contribution is 0.207. The number of aliphatic hydroxyl groups excluding tert-OH is 1. The molecule has 1 unspecified atom stereocenters. The minimum atomic E-state index is -0.874. The monoisotopic (exact) mass is 356 g/mol. The lowest BCUT2D eigenvalue weighted by atomic mass is 10.1. The molecule has 1 aromatic heterocycles. The van der Waals surface area contributed by atoms with Crippen LogP contribution >= 0.6 is 15.9 Å². The Bertz CT molecular complexity index is 597. The first-order valence-corrected chi connectivity index (χ1v) is 6.98. The molecule has 7 heteroatoms. The largest absolute Gasteiger partial charge is 0.493 e. The summed E-state index contributed by atoms with van der Waals surface area (Å²) in [5, 5.41) is 14.7. The second-order valence-electron chi connectivity index (χ2n) is 4.36. The molecule has 0 fully saturated rings. The van der Waals surface area contributed by atoms with Gasteiger partial charge in [0.1, 0.15) is 6.10 Å². The average Bonchev–Trinajstić information content (AvgIpc) is 2.83. The number of aromatic nitrogens is 2. The molecule has 1 N–H and O–H groups in total. The summed E-state index contributed by atoms with van der Waals surface area (Å²) in [5.41, 5.74) is 1.26. The molecular formula is C14H17BrN2O4. The third-order valence-electron chi connectivity index (χ3n) is 3.20. The molecule has 0 saturated carbocycles. The van der Waals surface area contributed by atoms with E-state index in [2.05, 4.69) is 21.0 Å². The van der Waals surface area contributed by atoms with Crippen molar-refractivity contribution in [3.8, 4) is 17.2 Å². The first-order valence-electron chi connectivity index (χ1n) is 6.18. The lowest BCUT2D eigenvalue weighted by Crippen LogP contribution is -2.08. The van der Waals surface area contributed by atoms with Gasteiger partial charge in [0.15, 0.2) is 11.5 Å². The molecule has 0 aliphatic heterocycles. The Morgan fingerprint density at radius 2 is 1.71 bits per heavy atom. The van der Waals surface area contributed by atoms with Crippen molar-refractivity contribution < 1.29 is 19.3 Å². The Balaban J connectivity index is 2.54. The summed E-state index contributed by atoms with van der Waals surface area (Å²) in [6, 6.07) is 3.43. The molecule has 0 aliphatic rings. The van der Waals surface area contributed by atoms with Crippen molar-refractivity contribution >= 4 is 15.9 Å². The highest BCUT2D eigenvalue weighted by Crippen LogP contribution is 2.41. The molecule has 0 saturated heterocycles. The van der Waals surface area contributed by atoms with Gasteiger partial charge in [0, 0.05) is 7.05 Å². The van der Waals surface area contributed by atoms with Crippen molar-refractivity contribution in [2.24, 2.45) is 7.05 Å². The number of halogens is 1. The van der Waals surface area contributed by atoms with Crippen LogP contribution in [-0.2, 0) is 7.05 Å². The number of hydrogen-bond acceptors (Lipinski definition) is 5. The zero-order valence-electron chi connectivity index (χ0n) is 12.3. The molecule has 6 nitrogen and oxygen atoms in total. The number of rotatable bonds is 5. The van der Waals surface area contributed by atoms with Crippen LogP contribution in [0.3, 0.4) is 0 Å². The number of methoxy groups -OCH3 is 3. The second-order valence-corrected chi connectivity index (χ2v) is 5.22. The summed E-state index contributed by atoms with van der Waals surface area (Å²) in [4.78, 5) is 0. The highest BCUT2D eigenvalue weighted by Gasteiger charge is 2.22. The minimum Gasteiger partial charge on any atom is -0.493 e. The van der Waals surface area contributed by atoms with E-state index in [0.717, 1.165) is 4.47 Å². The van der Waals surface area contributed by atoms with Crippen molar-refractivity contribution in [2.75, 3.05) is 21.3 Å². The smallest absolute Gasteiger partial charge is 0.203 e. The number of aliphatic hydroxyl groups is 1. The van der Waals surface area contributed by atoms with Crippen LogP contribution < -0.4 is 14.2 Å². The maximum Gasteiger partial charge on any atom is 0.203 e. The van der Waals surface area contributed by atoms with E-state index in [4.69, 9.17) is 14.2 Å². The predicted molar refractivity (Wildman–Crippen MR) is 81.1 cm³/mol. The van der Waals surface area contributed by atoms with Crippen molar-refractivity contribution in [3.05, 3.63) is 34.1 Å². The number of nitrogens with zero attached hydrogens (tertiary/aromatic N) is 2. The molecule has 0 amide bonds. The van der Waals surface area contributed by atoms with E-state index in [1.54, 1.807) is 30.1 Å². The number of ether oxygens (including phenoxy) is 3. The Hall–Kier alpha value is -1.73. The molecule has 114 valence electrons. The third kappa shape index (κ3) is 2.84. The fourth-order valence-corrected chi connectivity index (χ4v) is 2.71. The van der Waals surface area contributed by atoms with Gasteiger partial charge in [-0.05, 0) is 33.6 Å². The SMILES string of the molecule is COc1cc(C(O)c2c(Br)cnn2C)cc(OC)c1OC. The molecule has 1 atom stereocenters. The second kappa shape index (κ2) is 6.36. The van der Waals surface area contributed by atoms with Crippen molar-refractivity contribution in [1.29, 1.82) is 0 Å². The molecule has 2 rings (SSSR count). The zero-order valence-corrected chi connectivity index (χ0v) is 13.8. The van der Waals surface area contributed by atoms with E-state index < -0.39 is 6.10 Å². The lowest BCUT2D eigenvalue weighted by Gasteiger charge is -2.17. The van der Waals surface area contributed by atoms with E-state index in [1.807, 2.05) is 0 Å². The van der Waals surface area contributed by atoms with Gasteiger partial charge in [-0.2, -0.15) is 5.10 Å². The van der Waals surface area contributed by atoms with Crippen molar-refractivity contribution in [2.45, 2.75) is 6.10 Å². The first kappa shape index (κ1) is 15.7. The van der Waals surface area contributed by atoms with Gasteiger partial charge in [-0.3, -0.25) is 4.68 Å². The van der Waals surface area contributed by atoms with Crippen LogP contribution in [0.15, 0.2) is 22.8 Å². The van der Waals surface area contributed by atoms with E-state index >= 15 is 0 Å². The molecular weight excluding hydrogens is 340 g/mol. The average molecular weight is 357 g/mol. The predicted octanol–water partition coefficient (Wildman–Crippen LogP) is 2.29. The fraction of sp³-hybridized carbons (Fsp3) is 0.357. The first-order chi connectivity index (χ1) is 10.0. The van der Waals surface area contributed by atoms with E-state index in [9.17, 15) is 5.11 Å². The van der Waals surface area contributed by atoms with Gasteiger partial charge < -0.3 is 19.3 Å². The number of hydrogen-bond donors (Lipinski definition) is 1. The maximum absolute atomic E-state index is 10.6. The van der Waals surface area contributed by atoms with E-state index in [-0.39, 0.29) is 0 Å². The third-order valence-corrected chi connectivity index (χ3v) is 3.81. The molecule has 0 aliphatic carbocycles. The van der Waals surface area contributed by atoms with E-state index in [0.29, 0.717) is 28.5 Å². The molecule has 1 heterocycles. The van der Waals surface area contributed by atoms with Crippen LogP contribution in [0.5, 0.6) is 17.2 Å². The molecule has 0 bridgehead atoms. The van der Waals surface area contributed by atoms with Gasteiger partial charge in [0.25, 0.3) is 0 Å². The summed E-state index contributed by atoms with van der Waals surface area (Å²) < 4.78 is 18.2. The highest BCUT2D eigenvalue weighted by atomic mass is 79.9. The van der Waals surface area contributed by atoms with Gasteiger partial charge in [0.2, 0.25) is 5.75 Å².